The molecule has 0 N–H and O–H groups in total. The fraction of sp³-hybridized carbons (Fsp3) is 0.571. The highest BCUT2D eigenvalue weighted by Crippen LogP contribution is 2.35. The highest BCUT2D eigenvalue weighted by atomic mass is 32.2. The quantitative estimate of drug-likeness (QED) is 0.838. The molecule has 0 saturated carbocycles. The van der Waals surface area contributed by atoms with E-state index < -0.39 is 10.0 Å². The van der Waals surface area contributed by atoms with Crippen molar-refractivity contribution in [3.63, 3.8) is 0 Å². The van der Waals surface area contributed by atoms with Crippen molar-refractivity contribution in [1.82, 2.24) is 4.31 Å². The number of benzene rings is 1. The fourth-order valence-electron chi connectivity index (χ4n) is 2.69. The molecule has 2 heterocycles. The van der Waals surface area contributed by atoms with E-state index in [2.05, 4.69) is 4.90 Å². The first-order valence-electron chi connectivity index (χ1n) is 7.22. The van der Waals surface area contributed by atoms with Crippen molar-refractivity contribution in [1.29, 1.82) is 0 Å². The molecule has 0 radical (unpaired) electrons. The van der Waals surface area contributed by atoms with Gasteiger partial charge in [-0.25, -0.2) is 8.42 Å². The minimum Gasteiger partial charge on any atom is -0.454 e. The predicted octanol–water partition coefficient (Wildman–Crippen LogP) is 1.28. The molecular formula is C14H20N2O4S. The van der Waals surface area contributed by atoms with E-state index in [1.54, 1.807) is 4.31 Å². The zero-order chi connectivity index (χ0) is 14.9. The zero-order valence-corrected chi connectivity index (χ0v) is 12.9. The van der Waals surface area contributed by atoms with Crippen LogP contribution in [0.5, 0.6) is 11.5 Å². The number of hydrogen-bond acceptors (Lipinski definition) is 5. The second-order valence-corrected chi connectivity index (χ2v) is 7.33. The van der Waals surface area contributed by atoms with Crippen molar-refractivity contribution in [2.24, 2.45) is 0 Å². The van der Waals surface area contributed by atoms with Gasteiger partial charge in [0.15, 0.2) is 11.5 Å². The van der Waals surface area contributed by atoms with Crippen LogP contribution in [0.1, 0.15) is 13.3 Å². The lowest BCUT2D eigenvalue weighted by Crippen LogP contribution is -2.49. The number of sulfonamides is 1. The summed E-state index contributed by atoms with van der Waals surface area (Å²) in [5.74, 6) is 1.76. The molecule has 1 aromatic carbocycles. The third-order valence-corrected chi connectivity index (χ3v) is 5.89. The zero-order valence-electron chi connectivity index (χ0n) is 12.1. The lowest BCUT2D eigenvalue weighted by atomic mass is 10.2. The Morgan fingerprint density at radius 2 is 1.81 bits per heavy atom. The summed E-state index contributed by atoms with van der Waals surface area (Å²) >= 11 is 0. The number of anilines is 1. The smallest absolute Gasteiger partial charge is 0.231 e. The summed E-state index contributed by atoms with van der Waals surface area (Å²) in [6.45, 7) is 4.63. The minimum absolute atomic E-state index is 0.233. The van der Waals surface area contributed by atoms with E-state index in [1.165, 1.54) is 0 Å². The molecule has 2 aliphatic rings. The maximum Gasteiger partial charge on any atom is 0.231 e. The highest BCUT2D eigenvalue weighted by Gasteiger charge is 2.26. The number of ether oxygens (including phenoxy) is 2. The van der Waals surface area contributed by atoms with Gasteiger partial charge < -0.3 is 14.4 Å². The maximum absolute atomic E-state index is 12.1. The average molecular weight is 312 g/mol. The first-order chi connectivity index (χ1) is 10.1. The van der Waals surface area contributed by atoms with E-state index in [4.69, 9.17) is 9.47 Å². The molecule has 1 aromatic rings. The third-order valence-electron chi connectivity index (χ3n) is 3.82. The molecule has 0 aliphatic carbocycles. The van der Waals surface area contributed by atoms with Gasteiger partial charge in [-0.1, -0.05) is 6.92 Å². The van der Waals surface area contributed by atoms with E-state index in [1.807, 2.05) is 25.1 Å². The van der Waals surface area contributed by atoms with E-state index in [-0.39, 0.29) is 12.5 Å². The minimum atomic E-state index is -3.09. The molecule has 0 bridgehead atoms. The molecule has 21 heavy (non-hydrogen) atoms. The van der Waals surface area contributed by atoms with E-state index in [0.29, 0.717) is 32.6 Å². The van der Waals surface area contributed by atoms with Gasteiger partial charge in [0.2, 0.25) is 16.8 Å². The predicted molar refractivity (Wildman–Crippen MR) is 80.4 cm³/mol. The molecule has 1 fully saturated rings. The Labute approximate surface area is 125 Å². The first-order valence-corrected chi connectivity index (χ1v) is 8.83. The SMILES string of the molecule is CCCS(=O)(=O)N1CCN(c2ccc3c(c2)OCO3)CC1. The van der Waals surface area contributed by atoms with Crippen LogP contribution in [0.4, 0.5) is 5.69 Å². The summed E-state index contributed by atoms with van der Waals surface area (Å²) in [4.78, 5) is 2.18. The Morgan fingerprint density at radius 3 is 2.52 bits per heavy atom. The van der Waals surface area contributed by atoms with E-state index in [0.717, 1.165) is 17.2 Å². The molecule has 7 heteroatoms. The Morgan fingerprint density at radius 1 is 1.10 bits per heavy atom. The van der Waals surface area contributed by atoms with Gasteiger partial charge in [-0.05, 0) is 18.6 Å². The van der Waals surface area contributed by atoms with Gasteiger partial charge in [0.25, 0.3) is 0 Å². The van der Waals surface area contributed by atoms with Gasteiger partial charge >= 0.3 is 0 Å². The summed E-state index contributed by atoms with van der Waals surface area (Å²) in [5, 5.41) is 0. The molecule has 2 aliphatic heterocycles. The lowest BCUT2D eigenvalue weighted by molar-refractivity contribution is 0.174. The molecule has 116 valence electrons. The first kappa shape index (κ1) is 14.5. The van der Waals surface area contributed by atoms with Crippen molar-refractivity contribution in [2.45, 2.75) is 13.3 Å². The number of piperazine rings is 1. The van der Waals surface area contributed by atoms with Crippen LogP contribution in [-0.2, 0) is 10.0 Å². The summed E-state index contributed by atoms with van der Waals surface area (Å²) in [7, 11) is -3.09. The Bertz CT molecular complexity index is 609. The maximum atomic E-state index is 12.1. The van der Waals surface area contributed by atoms with Crippen LogP contribution in [0.3, 0.4) is 0 Å². The fourth-order valence-corrected chi connectivity index (χ4v) is 4.19. The molecule has 6 nitrogen and oxygen atoms in total. The van der Waals surface area contributed by atoms with Crippen molar-refractivity contribution in [3.8, 4) is 11.5 Å². The lowest BCUT2D eigenvalue weighted by Gasteiger charge is -2.35. The van der Waals surface area contributed by atoms with Crippen LogP contribution < -0.4 is 14.4 Å². The van der Waals surface area contributed by atoms with E-state index in [9.17, 15) is 8.42 Å². The second kappa shape index (κ2) is 5.73. The summed E-state index contributed by atoms with van der Waals surface area (Å²) in [6.07, 6.45) is 0.657. The number of hydrogen-bond donors (Lipinski definition) is 0. The van der Waals surface area contributed by atoms with Gasteiger partial charge in [-0.15, -0.1) is 0 Å². The van der Waals surface area contributed by atoms with Gasteiger partial charge in [0.05, 0.1) is 5.75 Å². The molecule has 0 amide bonds. The highest BCUT2D eigenvalue weighted by molar-refractivity contribution is 7.89. The van der Waals surface area contributed by atoms with Crippen LogP contribution in [0, 0.1) is 0 Å². The molecule has 1 saturated heterocycles. The summed E-state index contributed by atoms with van der Waals surface area (Å²) in [6, 6.07) is 5.85. The topological polar surface area (TPSA) is 59.1 Å². The third kappa shape index (κ3) is 2.94. The number of nitrogens with zero attached hydrogens (tertiary/aromatic N) is 2. The van der Waals surface area contributed by atoms with Crippen LogP contribution >= 0.6 is 0 Å². The molecule has 0 aromatic heterocycles. The molecular weight excluding hydrogens is 292 g/mol. The molecule has 0 spiro atoms. The molecule has 0 atom stereocenters. The van der Waals surface area contributed by atoms with Gasteiger partial charge in [0, 0.05) is 37.9 Å². The van der Waals surface area contributed by atoms with Crippen molar-refractivity contribution < 1.29 is 17.9 Å². The molecule has 0 unspecified atom stereocenters. The Kier molecular flexibility index (Phi) is 3.95. The Hall–Kier alpha value is -1.47. The van der Waals surface area contributed by atoms with Crippen LogP contribution in [0.15, 0.2) is 18.2 Å². The summed E-state index contributed by atoms with van der Waals surface area (Å²) < 4.78 is 36.4. The van der Waals surface area contributed by atoms with Crippen LogP contribution in [0.2, 0.25) is 0 Å². The van der Waals surface area contributed by atoms with E-state index >= 15 is 0 Å². The normalized spacial score (nSPS) is 19.0. The van der Waals surface area contributed by atoms with Crippen LogP contribution in [-0.4, -0.2) is 51.4 Å². The number of fused-ring (bicyclic) bond motifs is 1. The van der Waals surface area contributed by atoms with Gasteiger partial charge in [-0.2, -0.15) is 4.31 Å². The van der Waals surface area contributed by atoms with Gasteiger partial charge in [-0.3, -0.25) is 0 Å². The summed E-state index contributed by atoms with van der Waals surface area (Å²) in [5.41, 5.74) is 1.05. The monoisotopic (exact) mass is 312 g/mol. The largest absolute Gasteiger partial charge is 0.454 e. The standard InChI is InChI=1S/C14H20N2O4S/c1-2-9-21(17,18)16-7-5-15(6-8-16)12-3-4-13-14(10-12)20-11-19-13/h3-4,10H,2,5-9,11H2,1H3. The van der Waals surface area contributed by atoms with Crippen molar-refractivity contribution >= 4 is 15.7 Å². The number of rotatable bonds is 4. The van der Waals surface area contributed by atoms with Crippen LogP contribution in [0.25, 0.3) is 0 Å². The Balaban J connectivity index is 1.66. The molecule has 3 rings (SSSR count). The second-order valence-electron chi connectivity index (χ2n) is 5.24. The average Bonchev–Trinajstić information content (AvgIpc) is 2.94. The van der Waals surface area contributed by atoms with Gasteiger partial charge in [0.1, 0.15) is 0 Å². The van der Waals surface area contributed by atoms with Crippen molar-refractivity contribution in [3.05, 3.63) is 18.2 Å². The van der Waals surface area contributed by atoms with Crippen molar-refractivity contribution in [2.75, 3.05) is 43.6 Å².